The van der Waals surface area contributed by atoms with Crippen molar-refractivity contribution in [1.29, 1.82) is 0 Å². The van der Waals surface area contributed by atoms with Crippen LogP contribution >= 0.6 is 35.0 Å². The summed E-state index contributed by atoms with van der Waals surface area (Å²) in [5.74, 6) is 3.63. The third-order valence-corrected chi connectivity index (χ3v) is 6.43. The van der Waals surface area contributed by atoms with Crippen molar-refractivity contribution < 1.29 is 27.9 Å². The quantitative estimate of drug-likeness (QED) is 0.297. The molecule has 3 aromatic rings. The molecule has 1 amide bonds. The number of rotatable bonds is 6. The fraction of sp³-hybridized carbons (Fsp3) is 0.261. The Hall–Kier alpha value is -3.27. The molecular weight excluding hydrogens is 554 g/mol. The van der Waals surface area contributed by atoms with Crippen molar-refractivity contribution in [2.75, 3.05) is 11.1 Å². The van der Waals surface area contributed by atoms with E-state index in [0.29, 0.717) is 5.56 Å². The van der Waals surface area contributed by atoms with Gasteiger partial charge in [0.2, 0.25) is 11.1 Å². The third-order valence-electron chi connectivity index (χ3n) is 4.90. The highest BCUT2D eigenvalue weighted by Gasteiger charge is 2.33. The molecule has 8 nitrogen and oxygen atoms in total. The molecule has 2 aromatic carbocycles. The van der Waals surface area contributed by atoms with E-state index in [1.165, 1.54) is 39.0 Å². The Morgan fingerprint density at radius 2 is 1.86 bits per heavy atom. The van der Waals surface area contributed by atoms with Gasteiger partial charge in [-0.2, -0.15) is 17.9 Å². The molecule has 194 valence electrons. The maximum atomic E-state index is 13.3. The van der Waals surface area contributed by atoms with E-state index in [1.54, 1.807) is 6.07 Å². The number of hydrogen-bond donors (Lipinski definition) is 2. The second-order valence-corrected chi connectivity index (χ2v) is 9.96. The lowest BCUT2D eigenvalue weighted by Gasteiger charge is -2.14. The minimum absolute atomic E-state index is 0.00538. The van der Waals surface area contributed by atoms with Crippen LogP contribution in [0, 0.1) is 24.2 Å². The predicted octanol–water partition coefficient (Wildman–Crippen LogP) is 5.49. The number of carbonyl (C=O) groups excluding carboxylic acids is 1. The smallest absolute Gasteiger partial charge is 0.416 e. The number of benzene rings is 2. The molecule has 0 saturated heterocycles. The molecule has 1 heterocycles. The highest BCUT2D eigenvalue weighted by molar-refractivity contribution is 7.99. The van der Waals surface area contributed by atoms with Crippen LogP contribution in [-0.4, -0.2) is 42.9 Å². The largest absolute Gasteiger partial charge is 0.480 e. The third kappa shape index (κ3) is 6.94. The number of carboxylic acids is 1. The minimum Gasteiger partial charge on any atom is -0.480 e. The number of tetrazole rings is 1. The topological polar surface area (TPSA) is 110 Å². The summed E-state index contributed by atoms with van der Waals surface area (Å²) in [6.45, 7) is 4.22. The van der Waals surface area contributed by atoms with Gasteiger partial charge in [0, 0.05) is 5.56 Å². The Balaban J connectivity index is 1.72. The van der Waals surface area contributed by atoms with E-state index in [9.17, 15) is 22.8 Å². The Kier molecular flexibility index (Phi) is 8.42. The lowest BCUT2D eigenvalue weighted by Crippen LogP contribution is -2.21. The molecule has 0 aliphatic carbocycles. The van der Waals surface area contributed by atoms with Crippen molar-refractivity contribution >= 4 is 52.5 Å². The number of carboxylic acid groups (broad SMARTS) is 1. The number of halogens is 5. The van der Waals surface area contributed by atoms with Crippen LogP contribution < -0.4 is 5.32 Å². The van der Waals surface area contributed by atoms with E-state index in [1.807, 2.05) is 0 Å². The van der Waals surface area contributed by atoms with E-state index >= 15 is 0 Å². The van der Waals surface area contributed by atoms with Crippen LogP contribution in [0.3, 0.4) is 0 Å². The highest BCUT2D eigenvalue weighted by Crippen LogP contribution is 2.36. The maximum absolute atomic E-state index is 13.3. The van der Waals surface area contributed by atoms with E-state index in [-0.39, 0.29) is 37.9 Å². The molecule has 14 heteroatoms. The summed E-state index contributed by atoms with van der Waals surface area (Å²) in [6, 6.07) is 6.57. The number of alkyl halides is 3. The molecular formula is C23H18Cl2F3N5O3S. The zero-order chi connectivity index (χ0) is 27.5. The molecule has 0 unspecified atom stereocenters. The van der Waals surface area contributed by atoms with Crippen LogP contribution in [0.2, 0.25) is 10.0 Å². The number of carbonyl (C=O) groups is 2. The summed E-state index contributed by atoms with van der Waals surface area (Å²) >= 11 is 13.3. The molecule has 0 fully saturated rings. The number of anilines is 1. The number of nitrogens with zero attached hydrogens (tertiary/aromatic N) is 4. The first-order chi connectivity index (χ1) is 17.2. The zero-order valence-electron chi connectivity index (χ0n) is 19.4. The predicted molar refractivity (Wildman–Crippen MR) is 133 cm³/mol. The molecule has 0 aliphatic rings. The molecule has 1 aromatic heterocycles. The lowest BCUT2D eigenvalue weighted by atomic mass is 9.94. The van der Waals surface area contributed by atoms with Gasteiger partial charge in [-0.25, -0.2) is 0 Å². The summed E-state index contributed by atoms with van der Waals surface area (Å²) in [5.41, 5.74) is -1.53. The summed E-state index contributed by atoms with van der Waals surface area (Å²) in [6.07, 6.45) is -4.60. The standard InChI is InChI=1S/C23H18Cl2F3N5O3S/c1-12-8-16(25)18(10-14(12)23(26,27)28)33-21(30-31-32-33)37-11-19(34)29-17-5-4-13(9-15(17)24)6-7-22(2,3)20(35)36/h4-5,8-10H,11H2,1-3H3,(H,29,34)(H,35,36). The van der Waals surface area contributed by atoms with Crippen LogP contribution in [-0.2, 0) is 15.8 Å². The molecule has 0 saturated carbocycles. The number of aryl methyl sites for hydroxylation is 1. The normalized spacial score (nSPS) is 11.6. The zero-order valence-corrected chi connectivity index (χ0v) is 21.8. The van der Waals surface area contributed by atoms with Gasteiger partial charge in [-0.15, -0.1) is 5.10 Å². The van der Waals surface area contributed by atoms with E-state index in [2.05, 4.69) is 32.7 Å². The number of thioether (sulfide) groups is 1. The van der Waals surface area contributed by atoms with Gasteiger partial charge in [-0.05, 0) is 67.1 Å². The van der Waals surface area contributed by atoms with Gasteiger partial charge in [0.05, 0.1) is 32.7 Å². The summed E-state index contributed by atoms with van der Waals surface area (Å²) in [7, 11) is 0. The number of hydrogen-bond acceptors (Lipinski definition) is 6. The fourth-order valence-electron chi connectivity index (χ4n) is 2.84. The number of aliphatic carboxylic acids is 1. The SMILES string of the molecule is Cc1cc(Cl)c(-n2nnnc2SCC(=O)Nc2ccc(C#CC(C)(C)C(=O)O)cc2Cl)cc1C(F)(F)F. The van der Waals surface area contributed by atoms with Crippen molar-refractivity contribution in [2.45, 2.75) is 32.1 Å². The molecule has 37 heavy (non-hydrogen) atoms. The number of aromatic nitrogens is 4. The van der Waals surface area contributed by atoms with Crippen LogP contribution in [0.15, 0.2) is 35.5 Å². The Labute approximate surface area is 223 Å². The van der Waals surface area contributed by atoms with Crippen molar-refractivity contribution in [1.82, 2.24) is 20.2 Å². The molecule has 0 aliphatic heterocycles. The van der Waals surface area contributed by atoms with Gasteiger partial charge in [-0.3, -0.25) is 9.59 Å². The first-order valence-corrected chi connectivity index (χ1v) is 12.1. The van der Waals surface area contributed by atoms with Gasteiger partial charge in [0.1, 0.15) is 5.41 Å². The molecule has 0 radical (unpaired) electrons. The Morgan fingerprint density at radius 1 is 1.16 bits per heavy atom. The van der Waals surface area contributed by atoms with E-state index in [0.717, 1.165) is 22.5 Å². The Morgan fingerprint density at radius 3 is 2.49 bits per heavy atom. The van der Waals surface area contributed by atoms with Gasteiger partial charge in [0.15, 0.2) is 0 Å². The highest BCUT2D eigenvalue weighted by atomic mass is 35.5. The van der Waals surface area contributed by atoms with Crippen LogP contribution in [0.5, 0.6) is 0 Å². The minimum atomic E-state index is -4.60. The first-order valence-electron chi connectivity index (χ1n) is 10.3. The van der Waals surface area contributed by atoms with E-state index < -0.39 is 29.0 Å². The average molecular weight is 572 g/mol. The summed E-state index contributed by atoms with van der Waals surface area (Å²) in [5, 5.41) is 23.0. The van der Waals surface area contributed by atoms with Gasteiger partial charge in [0.25, 0.3) is 0 Å². The van der Waals surface area contributed by atoms with Gasteiger partial charge < -0.3 is 10.4 Å². The fourth-order valence-corrected chi connectivity index (χ4v) is 4.05. The molecule has 0 bridgehead atoms. The Bertz CT molecular complexity index is 1430. The summed E-state index contributed by atoms with van der Waals surface area (Å²) in [4.78, 5) is 23.7. The van der Waals surface area contributed by atoms with Crippen molar-refractivity contribution in [3.63, 3.8) is 0 Å². The lowest BCUT2D eigenvalue weighted by molar-refractivity contribution is -0.143. The maximum Gasteiger partial charge on any atom is 0.416 e. The van der Waals surface area contributed by atoms with Crippen LogP contribution in [0.1, 0.15) is 30.5 Å². The van der Waals surface area contributed by atoms with Crippen molar-refractivity contribution in [3.05, 3.63) is 57.1 Å². The molecule has 3 rings (SSSR count). The van der Waals surface area contributed by atoms with Crippen molar-refractivity contribution in [2.24, 2.45) is 5.41 Å². The van der Waals surface area contributed by atoms with Crippen LogP contribution in [0.25, 0.3) is 5.69 Å². The van der Waals surface area contributed by atoms with Gasteiger partial charge >= 0.3 is 12.1 Å². The van der Waals surface area contributed by atoms with E-state index in [4.69, 9.17) is 28.3 Å². The molecule has 2 N–H and O–H groups in total. The number of nitrogens with one attached hydrogen (secondary N) is 1. The monoisotopic (exact) mass is 571 g/mol. The number of amides is 1. The van der Waals surface area contributed by atoms with Gasteiger partial charge in [-0.1, -0.05) is 46.8 Å². The second-order valence-electron chi connectivity index (χ2n) is 8.20. The first kappa shape index (κ1) is 28.3. The average Bonchev–Trinajstić information content (AvgIpc) is 3.25. The molecule has 0 spiro atoms. The summed E-state index contributed by atoms with van der Waals surface area (Å²) < 4.78 is 41.1. The van der Waals surface area contributed by atoms with Crippen LogP contribution in [0.4, 0.5) is 18.9 Å². The second kappa shape index (κ2) is 11.0. The van der Waals surface area contributed by atoms with Crippen molar-refractivity contribution in [3.8, 4) is 17.5 Å². The molecule has 0 atom stereocenters.